The summed E-state index contributed by atoms with van der Waals surface area (Å²) in [7, 11) is 8.26. The molecular formula is C21H30N3O2+. The molecule has 2 aromatic carbocycles. The summed E-state index contributed by atoms with van der Waals surface area (Å²) in [5.74, 6) is 0.516. The second-order valence-corrected chi connectivity index (χ2v) is 6.76. The van der Waals surface area contributed by atoms with Crippen molar-refractivity contribution < 1.29 is 14.4 Å². The van der Waals surface area contributed by atoms with Crippen molar-refractivity contribution in [2.45, 2.75) is 13.0 Å². The number of benzene rings is 2. The second kappa shape index (κ2) is 9.25. The van der Waals surface area contributed by atoms with Gasteiger partial charge in [0, 0.05) is 25.3 Å². The Labute approximate surface area is 156 Å². The van der Waals surface area contributed by atoms with Gasteiger partial charge in [-0.1, -0.05) is 24.3 Å². The zero-order valence-corrected chi connectivity index (χ0v) is 16.4. The Bertz CT molecular complexity index is 711. The molecule has 5 nitrogen and oxygen atoms in total. The van der Waals surface area contributed by atoms with E-state index in [1.165, 1.54) is 10.5 Å². The van der Waals surface area contributed by atoms with Gasteiger partial charge in [0.15, 0.2) is 0 Å². The molecule has 0 spiro atoms. The fourth-order valence-electron chi connectivity index (χ4n) is 2.89. The molecule has 0 radical (unpaired) electrons. The van der Waals surface area contributed by atoms with Gasteiger partial charge in [-0.05, 0) is 31.2 Å². The molecule has 0 aliphatic heterocycles. The van der Waals surface area contributed by atoms with E-state index in [4.69, 9.17) is 4.74 Å². The molecule has 2 N–H and O–H groups in total. The monoisotopic (exact) mass is 356 g/mol. The quantitative estimate of drug-likeness (QED) is 0.758. The van der Waals surface area contributed by atoms with Crippen LogP contribution in [0.25, 0.3) is 0 Å². The van der Waals surface area contributed by atoms with Crippen LogP contribution in [-0.4, -0.2) is 47.2 Å². The number of para-hydroxylation sites is 1. The molecule has 1 amide bonds. The lowest BCUT2D eigenvalue weighted by Crippen LogP contribution is -3.07. The van der Waals surface area contributed by atoms with Crippen molar-refractivity contribution in [3.63, 3.8) is 0 Å². The molecule has 0 aromatic heterocycles. The Balaban J connectivity index is 2.10. The number of hydrogen-bond acceptors (Lipinski definition) is 3. The minimum absolute atomic E-state index is 0.106. The molecule has 1 atom stereocenters. The highest BCUT2D eigenvalue weighted by atomic mass is 16.5. The van der Waals surface area contributed by atoms with E-state index in [0.717, 1.165) is 5.69 Å². The minimum Gasteiger partial charge on any atom is -0.493 e. The highest BCUT2D eigenvalue weighted by Gasteiger charge is 2.20. The molecule has 5 heteroatoms. The number of carbonyl (C=O) groups excluding carboxylic acids is 1. The summed E-state index contributed by atoms with van der Waals surface area (Å²) in [4.78, 5) is 16.0. The number of nitrogens with zero attached hydrogens (tertiary/aromatic N) is 1. The Morgan fingerprint density at radius 3 is 2.35 bits per heavy atom. The van der Waals surface area contributed by atoms with E-state index >= 15 is 0 Å². The molecule has 140 valence electrons. The van der Waals surface area contributed by atoms with E-state index in [2.05, 4.69) is 48.6 Å². The van der Waals surface area contributed by atoms with Crippen molar-refractivity contribution in [3.8, 4) is 5.75 Å². The van der Waals surface area contributed by atoms with Gasteiger partial charge in [-0.3, -0.25) is 4.79 Å². The number of amides is 1. The fourth-order valence-corrected chi connectivity index (χ4v) is 2.89. The molecule has 0 fully saturated rings. The number of carbonyl (C=O) groups is 1. The van der Waals surface area contributed by atoms with E-state index in [1.807, 2.05) is 39.2 Å². The van der Waals surface area contributed by atoms with Crippen LogP contribution >= 0.6 is 0 Å². The maximum absolute atomic E-state index is 12.6. The van der Waals surface area contributed by atoms with Gasteiger partial charge in [0.05, 0.1) is 32.8 Å². The van der Waals surface area contributed by atoms with Gasteiger partial charge in [0.2, 0.25) is 0 Å². The van der Waals surface area contributed by atoms with Gasteiger partial charge in [-0.2, -0.15) is 0 Å². The van der Waals surface area contributed by atoms with E-state index in [0.29, 0.717) is 24.5 Å². The predicted octanol–water partition coefficient (Wildman–Crippen LogP) is 1.77. The van der Waals surface area contributed by atoms with Gasteiger partial charge in [0.25, 0.3) is 5.91 Å². The van der Waals surface area contributed by atoms with Gasteiger partial charge in [-0.25, -0.2) is 0 Å². The second-order valence-electron chi connectivity index (χ2n) is 6.76. The predicted molar refractivity (Wildman–Crippen MR) is 106 cm³/mol. The number of rotatable bonds is 8. The van der Waals surface area contributed by atoms with Crippen LogP contribution < -0.4 is 19.9 Å². The van der Waals surface area contributed by atoms with Crippen LogP contribution in [0.5, 0.6) is 5.75 Å². The van der Waals surface area contributed by atoms with Crippen molar-refractivity contribution in [3.05, 3.63) is 59.7 Å². The Kier molecular flexibility index (Phi) is 7.04. The van der Waals surface area contributed by atoms with Crippen LogP contribution in [0.15, 0.2) is 48.5 Å². The largest absolute Gasteiger partial charge is 0.493 e. The first-order chi connectivity index (χ1) is 12.4. The zero-order valence-electron chi connectivity index (χ0n) is 16.4. The lowest BCUT2D eigenvalue weighted by molar-refractivity contribution is -0.890. The van der Waals surface area contributed by atoms with Gasteiger partial charge in [0.1, 0.15) is 11.8 Å². The number of quaternary nitrogens is 1. The summed E-state index contributed by atoms with van der Waals surface area (Å²) in [6.07, 6.45) is 0. The average molecular weight is 356 g/mol. The number of ether oxygens (including phenoxy) is 1. The van der Waals surface area contributed by atoms with Crippen LogP contribution in [0, 0.1) is 0 Å². The molecule has 26 heavy (non-hydrogen) atoms. The molecule has 0 aliphatic rings. The average Bonchev–Trinajstić information content (AvgIpc) is 2.62. The molecule has 0 heterocycles. The Morgan fingerprint density at radius 2 is 1.77 bits per heavy atom. The molecular weight excluding hydrogens is 326 g/mol. The Hall–Kier alpha value is -2.53. The number of hydrogen-bond donors (Lipinski definition) is 2. The number of anilines is 1. The number of nitrogens with one attached hydrogen (secondary N) is 2. The summed E-state index contributed by atoms with van der Waals surface area (Å²) in [5.41, 5.74) is 2.94. The van der Waals surface area contributed by atoms with E-state index in [1.54, 1.807) is 6.07 Å². The first-order valence-electron chi connectivity index (χ1n) is 9.01. The molecule has 0 saturated carbocycles. The minimum atomic E-state index is -0.106. The van der Waals surface area contributed by atoms with Crippen LogP contribution in [0.2, 0.25) is 0 Å². The summed E-state index contributed by atoms with van der Waals surface area (Å²) in [6, 6.07) is 16.0. The smallest absolute Gasteiger partial charge is 0.255 e. The maximum Gasteiger partial charge on any atom is 0.255 e. The maximum atomic E-state index is 12.6. The van der Waals surface area contributed by atoms with Crippen LogP contribution in [0.3, 0.4) is 0 Å². The molecule has 0 aliphatic carbocycles. The van der Waals surface area contributed by atoms with Gasteiger partial charge in [-0.15, -0.1) is 0 Å². The highest BCUT2D eigenvalue weighted by Crippen LogP contribution is 2.19. The zero-order chi connectivity index (χ0) is 19.1. The third-order valence-corrected chi connectivity index (χ3v) is 4.41. The van der Waals surface area contributed by atoms with Crippen molar-refractivity contribution in [2.24, 2.45) is 0 Å². The first kappa shape index (κ1) is 19.8. The summed E-state index contributed by atoms with van der Waals surface area (Å²) >= 11 is 0. The van der Waals surface area contributed by atoms with Crippen LogP contribution in [0.4, 0.5) is 5.69 Å². The van der Waals surface area contributed by atoms with Crippen LogP contribution in [0.1, 0.15) is 28.9 Å². The number of likely N-dealkylation sites (N-methyl/N-ethyl adjacent to an activating group) is 1. The van der Waals surface area contributed by atoms with Crippen molar-refractivity contribution in [1.82, 2.24) is 5.32 Å². The molecule has 0 unspecified atom stereocenters. The standard InChI is InChI=1S/C21H29N3O2/c1-6-26-20-10-8-7-9-18(20)21(25)22-15-19(24(4)5)16-11-13-17(14-12-16)23(2)3/h7-14,19H,6,15H2,1-5H3,(H,22,25)/p+1/t19-/m0/s1. The molecule has 2 aromatic rings. The lowest BCUT2D eigenvalue weighted by atomic mass is 10.0. The normalized spacial score (nSPS) is 11.9. The molecule has 2 rings (SSSR count). The summed E-state index contributed by atoms with van der Waals surface area (Å²) in [5, 5.41) is 3.06. The summed E-state index contributed by atoms with van der Waals surface area (Å²) < 4.78 is 5.56. The van der Waals surface area contributed by atoms with E-state index in [9.17, 15) is 4.79 Å². The topological polar surface area (TPSA) is 46.0 Å². The summed E-state index contributed by atoms with van der Waals surface area (Å²) in [6.45, 7) is 3.01. The SMILES string of the molecule is CCOc1ccccc1C(=O)NC[C@@H](c1ccc(N(C)C)cc1)[NH+](C)C. The fraction of sp³-hybridized carbons (Fsp3) is 0.381. The molecule has 0 saturated heterocycles. The third-order valence-electron chi connectivity index (χ3n) is 4.41. The van der Waals surface area contributed by atoms with E-state index < -0.39 is 0 Å². The molecule has 0 bridgehead atoms. The van der Waals surface area contributed by atoms with Gasteiger partial charge >= 0.3 is 0 Å². The first-order valence-corrected chi connectivity index (χ1v) is 9.01. The van der Waals surface area contributed by atoms with Crippen molar-refractivity contribution in [1.29, 1.82) is 0 Å². The highest BCUT2D eigenvalue weighted by molar-refractivity contribution is 5.96. The third kappa shape index (κ3) is 4.99. The lowest BCUT2D eigenvalue weighted by Gasteiger charge is -2.23. The van der Waals surface area contributed by atoms with Crippen molar-refractivity contribution >= 4 is 11.6 Å². The van der Waals surface area contributed by atoms with Gasteiger partial charge < -0.3 is 19.9 Å². The Morgan fingerprint density at radius 1 is 1.12 bits per heavy atom. The van der Waals surface area contributed by atoms with Crippen LogP contribution in [-0.2, 0) is 0 Å². The van der Waals surface area contributed by atoms with E-state index in [-0.39, 0.29) is 11.9 Å². The van der Waals surface area contributed by atoms with Crippen molar-refractivity contribution in [2.75, 3.05) is 46.2 Å².